The summed E-state index contributed by atoms with van der Waals surface area (Å²) in [7, 11) is 0. The molecule has 0 amide bonds. The topological polar surface area (TPSA) is 405 Å². The van der Waals surface area contributed by atoms with Gasteiger partial charge in [0.15, 0.2) is 0 Å². The molecule has 0 aliphatic heterocycles. The van der Waals surface area contributed by atoms with E-state index in [2.05, 4.69) is 0 Å². The Morgan fingerprint density at radius 2 is 1.05 bits per heavy atom. The fraction of sp³-hybridized carbons (Fsp3) is 0.133. The largest absolute Gasteiger partial charge is 3.00 e. The van der Waals surface area contributed by atoms with E-state index >= 15 is 0 Å². The number of carbonyl (C=O) groups is 1. The van der Waals surface area contributed by atoms with E-state index in [4.69, 9.17) is 66.6 Å². The first-order chi connectivity index (χ1) is 14.7. The number of nitrogen functional groups attached to an aromatic ring is 1. The number of ether oxygens (including phenoxy) is 1. The Hall–Kier alpha value is -0.990. The maximum atomic E-state index is 11.1. The van der Waals surface area contributed by atoms with Gasteiger partial charge in [0.2, 0.25) is 0 Å². The molecule has 0 aromatic heterocycles. The van der Waals surface area contributed by atoms with Gasteiger partial charge in [-0.15, -0.1) is 0 Å². The van der Waals surface area contributed by atoms with E-state index < -0.39 is 15.3 Å². The quantitative estimate of drug-likeness (QED) is 0.124. The molecule has 2 aromatic carbocycles. The Morgan fingerprint density at radius 3 is 1.25 bits per heavy atom. The SMILES string of the molecule is CCOC(=O)c1ccc(N)cc1.O=[N+]([O-])[O-].O=[N+]([O-])[O-].O=[N+]([O-])[O-].Oc1cccc(O)c1.[Bi+3].[Ce+3].[Ce+3].[O-2].[O-2].[O-2].[O-2].[Zn+2]. The first-order valence-corrected chi connectivity index (χ1v) is 7.68. The summed E-state index contributed by atoms with van der Waals surface area (Å²) in [6.07, 6.45) is 0. The third kappa shape index (κ3) is 70.9. The number of hydrogen-bond donors (Lipinski definition) is 3. The smallest absolute Gasteiger partial charge is 2.00 e. The van der Waals surface area contributed by atoms with E-state index in [1.54, 1.807) is 37.3 Å². The van der Waals surface area contributed by atoms with Gasteiger partial charge in [0, 0.05) is 11.8 Å². The summed E-state index contributed by atoms with van der Waals surface area (Å²) < 4.78 is 4.79. The average Bonchev–Trinajstić information content (AvgIpc) is 2.61. The van der Waals surface area contributed by atoms with Crippen LogP contribution in [0.3, 0.4) is 0 Å². The van der Waals surface area contributed by atoms with Crippen LogP contribution in [-0.4, -0.2) is 64.3 Å². The van der Waals surface area contributed by atoms with Crippen LogP contribution in [0.4, 0.5) is 5.69 Å². The minimum Gasteiger partial charge on any atom is -2.00 e. The molecule has 0 spiro atoms. The van der Waals surface area contributed by atoms with Crippen molar-refractivity contribution in [2.45, 2.75) is 6.92 Å². The summed E-state index contributed by atoms with van der Waals surface area (Å²) in [6, 6.07) is 12.5. The third-order valence-corrected chi connectivity index (χ3v) is 2.25. The van der Waals surface area contributed by atoms with Crippen molar-refractivity contribution in [1.82, 2.24) is 0 Å². The average molecular weight is 1080 g/mol. The van der Waals surface area contributed by atoms with Crippen LogP contribution in [0.25, 0.3) is 0 Å². The zero-order chi connectivity index (χ0) is 25.7. The van der Waals surface area contributed by atoms with Crippen molar-refractivity contribution in [2.75, 3.05) is 12.3 Å². The molecule has 0 heterocycles. The standard InChI is InChI=1S/C9H11NO2.C6H6O2.Bi.2Ce.3NO3.4O.Zn/c1-2-12-9(11)7-3-5-8(10)6-4-7;7-5-2-1-3-6(8)4-5;;;;3*2-1(3)4;;;;;/h3-6H,2,10H2,1H3;1-4,7-8H;;;;;;;;;;;/q;;3*+3;3*-1;4*-2;+2. The molecule has 0 saturated carbocycles. The molecule has 0 unspecified atom stereocenters. The van der Waals surface area contributed by atoms with E-state index in [1.807, 2.05) is 0 Å². The number of esters is 1. The molecule has 40 heavy (non-hydrogen) atoms. The van der Waals surface area contributed by atoms with Gasteiger partial charge in [-0.1, -0.05) is 6.07 Å². The molecule has 2 rings (SSSR count). The summed E-state index contributed by atoms with van der Waals surface area (Å²) in [5.41, 5.74) is 6.62. The molecule has 25 heteroatoms. The van der Waals surface area contributed by atoms with Gasteiger partial charge in [0.1, 0.15) is 11.5 Å². The number of rotatable bonds is 2. The molecule has 21 nitrogen and oxygen atoms in total. The zero-order valence-corrected chi connectivity index (χ0v) is 32.6. The minimum atomic E-state index is -1.75. The van der Waals surface area contributed by atoms with Crippen LogP contribution in [0.1, 0.15) is 17.3 Å². The Balaban J connectivity index is -0.0000000299. The maximum Gasteiger partial charge on any atom is 3.00 e. The van der Waals surface area contributed by atoms with Crippen molar-refractivity contribution in [2.24, 2.45) is 0 Å². The Kier molecular flexibility index (Phi) is 85.8. The number of carbonyl (C=O) groups excluding carboxylic acids is 1. The fourth-order valence-corrected chi connectivity index (χ4v) is 1.33. The van der Waals surface area contributed by atoms with Gasteiger partial charge < -0.3 is 88.6 Å². The van der Waals surface area contributed by atoms with E-state index in [1.165, 1.54) is 18.2 Å². The first kappa shape index (κ1) is 71.8. The Labute approximate surface area is 324 Å². The second kappa shape index (κ2) is 47.8. The van der Waals surface area contributed by atoms with Gasteiger partial charge in [-0.25, -0.2) is 4.79 Å². The number of nitrogens with zero attached hydrogens (tertiary/aromatic N) is 3. The van der Waals surface area contributed by atoms with Crippen LogP contribution in [0, 0.1) is 129 Å². The molecule has 214 valence electrons. The second-order valence-corrected chi connectivity index (χ2v) is 4.53. The van der Waals surface area contributed by atoms with E-state index in [0.717, 1.165) is 0 Å². The summed E-state index contributed by atoms with van der Waals surface area (Å²) in [6.45, 7) is 2.17. The monoisotopic (exact) mass is 1080 g/mol. The predicted octanol–water partition coefficient (Wildman–Crippen LogP) is 0.967. The molecule has 0 saturated heterocycles. The molecular weight excluding hydrogens is 1060 g/mol. The summed E-state index contributed by atoms with van der Waals surface area (Å²) >= 11 is 0. The summed E-state index contributed by atoms with van der Waals surface area (Å²) in [5.74, 6) is -0.132. The fourth-order valence-electron chi connectivity index (χ4n) is 1.33. The van der Waals surface area contributed by atoms with Crippen LogP contribution in [0.2, 0.25) is 0 Å². The van der Waals surface area contributed by atoms with Gasteiger partial charge in [0.05, 0.1) is 27.4 Å². The molecule has 0 aliphatic rings. The van der Waals surface area contributed by atoms with Crippen molar-refractivity contribution >= 4 is 37.9 Å². The third-order valence-electron chi connectivity index (χ3n) is 2.25. The Morgan fingerprint density at radius 1 is 0.775 bits per heavy atom. The van der Waals surface area contributed by atoms with Crippen LogP contribution < -0.4 is 5.73 Å². The summed E-state index contributed by atoms with van der Waals surface area (Å²) in [4.78, 5) is 35.8. The number of nitrogens with two attached hydrogens (primary N) is 1. The van der Waals surface area contributed by atoms with Crippen molar-refractivity contribution in [3.63, 3.8) is 0 Å². The number of aromatic hydroxyl groups is 2. The minimum absolute atomic E-state index is 0. The second-order valence-electron chi connectivity index (χ2n) is 4.53. The molecule has 0 bridgehead atoms. The van der Waals surface area contributed by atoms with Gasteiger partial charge >= 0.3 is 135 Å². The van der Waals surface area contributed by atoms with Crippen molar-refractivity contribution in [1.29, 1.82) is 0 Å². The number of anilines is 1. The van der Waals surface area contributed by atoms with Crippen LogP contribution in [0.5, 0.6) is 11.5 Å². The molecule has 4 radical (unpaired) electrons. The number of benzene rings is 2. The van der Waals surface area contributed by atoms with Crippen molar-refractivity contribution in [3.05, 3.63) is 100 Å². The van der Waals surface area contributed by atoms with E-state index in [0.29, 0.717) is 17.9 Å². The van der Waals surface area contributed by atoms with Crippen molar-refractivity contribution < 1.29 is 160 Å². The molecule has 2 aromatic rings. The predicted molar refractivity (Wildman–Crippen MR) is 116 cm³/mol. The molecule has 0 aliphatic carbocycles. The van der Waals surface area contributed by atoms with Crippen LogP contribution in [-0.2, 0) is 46.1 Å². The number of hydrogen-bond acceptors (Lipinski definition) is 14. The normalized spacial score (nSPS) is 6.42. The van der Waals surface area contributed by atoms with Crippen LogP contribution >= 0.6 is 0 Å². The zero-order valence-electron chi connectivity index (χ0n) is 19.9. The van der Waals surface area contributed by atoms with Gasteiger partial charge in [0.25, 0.3) is 0 Å². The maximum absolute atomic E-state index is 11.1. The van der Waals surface area contributed by atoms with E-state index in [9.17, 15) is 4.79 Å². The Bertz CT molecular complexity index is 802. The van der Waals surface area contributed by atoms with Crippen molar-refractivity contribution in [3.8, 4) is 11.5 Å². The summed E-state index contributed by atoms with van der Waals surface area (Å²) in [5, 5.41) is 61.6. The number of phenolic OH excluding ortho intramolecular Hbond substituents is 2. The van der Waals surface area contributed by atoms with Gasteiger partial charge in [-0.05, 0) is 43.3 Å². The van der Waals surface area contributed by atoms with Crippen LogP contribution in [0.15, 0.2) is 48.5 Å². The molecule has 4 N–H and O–H groups in total. The first-order valence-electron chi connectivity index (χ1n) is 7.68. The van der Waals surface area contributed by atoms with E-state index in [-0.39, 0.29) is 169 Å². The number of phenols is 2. The molecular formula is C15H17BiCe2N4O17Zn. The van der Waals surface area contributed by atoms with Gasteiger partial charge in [-0.3, -0.25) is 0 Å². The molecule has 0 fully saturated rings. The van der Waals surface area contributed by atoms with Gasteiger partial charge in [-0.2, -0.15) is 0 Å². The molecule has 0 atom stereocenters.